The van der Waals surface area contributed by atoms with Crippen molar-refractivity contribution >= 4 is 0 Å². The molecule has 0 fully saturated rings. The van der Waals surface area contributed by atoms with Crippen LogP contribution >= 0.6 is 0 Å². The Labute approximate surface area is 107 Å². The first-order chi connectivity index (χ1) is 8.72. The molecule has 0 aliphatic carbocycles. The standard InChI is InChI=1S/C13H19N5/c1-4-12-11(8-14-10(2)3)9-16-18(12)13-6-5-7-15-17-13/h5-7,9-10,14H,4,8H2,1-3H3. The van der Waals surface area contributed by atoms with Crippen LogP contribution in [0.3, 0.4) is 0 Å². The van der Waals surface area contributed by atoms with E-state index in [1.165, 1.54) is 11.3 Å². The van der Waals surface area contributed by atoms with Crippen molar-refractivity contribution < 1.29 is 0 Å². The zero-order chi connectivity index (χ0) is 13.0. The van der Waals surface area contributed by atoms with Crippen molar-refractivity contribution in [2.45, 2.75) is 39.8 Å². The topological polar surface area (TPSA) is 55.6 Å². The quantitative estimate of drug-likeness (QED) is 0.871. The van der Waals surface area contributed by atoms with Crippen molar-refractivity contribution in [2.24, 2.45) is 0 Å². The molecule has 18 heavy (non-hydrogen) atoms. The van der Waals surface area contributed by atoms with E-state index in [1.807, 2.05) is 23.0 Å². The van der Waals surface area contributed by atoms with E-state index in [9.17, 15) is 0 Å². The molecule has 0 atom stereocenters. The van der Waals surface area contributed by atoms with Crippen LogP contribution in [0, 0.1) is 0 Å². The molecule has 0 saturated heterocycles. The number of aromatic nitrogens is 4. The second-order valence-corrected chi connectivity index (χ2v) is 4.50. The highest BCUT2D eigenvalue weighted by Gasteiger charge is 2.11. The van der Waals surface area contributed by atoms with Gasteiger partial charge < -0.3 is 5.32 Å². The molecule has 0 aliphatic rings. The highest BCUT2D eigenvalue weighted by Crippen LogP contribution is 2.13. The Kier molecular flexibility index (Phi) is 4.04. The highest BCUT2D eigenvalue weighted by atomic mass is 15.3. The van der Waals surface area contributed by atoms with E-state index in [0.29, 0.717) is 6.04 Å². The van der Waals surface area contributed by atoms with Gasteiger partial charge in [0.25, 0.3) is 0 Å². The van der Waals surface area contributed by atoms with Crippen molar-refractivity contribution in [3.05, 3.63) is 35.8 Å². The highest BCUT2D eigenvalue weighted by molar-refractivity contribution is 5.27. The van der Waals surface area contributed by atoms with E-state index in [1.54, 1.807) is 6.20 Å². The largest absolute Gasteiger partial charge is 0.310 e. The Balaban J connectivity index is 2.27. The molecule has 5 nitrogen and oxygen atoms in total. The smallest absolute Gasteiger partial charge is 0.175 e. The summed E-state index contributed by atoms with van der Waals surface area (Å²) in [5.74, 6) is 0.769. The molecule has 2 aromatic rings. The zero-order valence-corrected chi connectivity index (χ0v) is 11.1. The lowest BCUT2D eigenvalue weighted by molar-refractivity contribution is 0.585. The first-order valence-corrected chi connectivity index (χ1v) is 6.29. The summed E-state index contributed by atoms with van der Waals surface area (Å²) < 4.78 is 1.87. The van der Waals surface area contributed by atoms with Crippen LogP contribution in [-0.4, -0.2) is 26.0 Å². The first-order valence-electron chi connectivity index (χ1n) is 6.29. The van der Waals surface area contributed by atoms with Gasteiger partial charge in [-0.2, -0.15) is 10.2 Å². The average molecular weight is 245 g/mol. The molecule has 5 heteroatoms. The molecule has 2 rings (SSSR count). The fraction of sp³-hybridized carbons (Fsp3) is 0.462. The van der Waals surface area contributed by atoms with Crippen LogP contribution < -0.4 is 5.32 Å². The van der Waals surface area contributed by atoms with E-state index in [4.69, 9.17) is 0 Å². The summed E-state index contributed by atoms with van der Waals surface area (Å²) in [7, 11) is 0. The molecule has 1 N–H and O–H groups in total. The fourth-order valence-electron chi connectivity index (χ4n) is 1.85. The van der Waals surface area contributed by atoms with Gasteiger partial charge in [0.1, 0.15) is 0 Å². The van der Waals surface area contributed by atoms with Crippen LogP contribution in [0.2, 0.25) is 0 Å². The molecule has 2 aromatic heterocycles. The molecule has 0 saturated carbocycles. The molecule has 0 unspecified atom stereocenters. The summed E-state index contributed by atoms with van der Waals surface area (Å²) >= 11 is 0. The van der Waals surface area contributed by atoms with Gasteiger partial charge in [-0.15, -0.1) is 5.10 Å². The monoisotopic (exact) mass is 245 g/mol. The molecule has 2 heterocycles. The van der Waals surface area contributed by atoms with Crippen LogP contribution in [0.15, 0.2) is 24.5 Å². The zero-order valence-electron chi connectivity index (χ0n) is 11.1. The lowest BCUT2D eigenvalue weighted by Gasteiger charge is -2.09. The predicted molar refractivity (Wildman–Crippen MR) is 70.5 cm³/mol. The molecule has 0 radical (unpaired) electrons. The average Bonchev–Trinajstić information content (AvgIpc) is 2.80. The molecular formula is C13H19N5. The maximum atomic E-state index is 4.41. The fourth-order valence-corrected chi connectivity index (χ4v) is 1.85. The van der Waals surface area contributed by atoms with Crippen LogP contribution in [0.1, 0.15) is 32.0 Å². The summed E-state index contributed by atoms with van der Waals surface area (Å²) in [4.78, 5) is 0. The number of hydrogen-bond acceptors (Lipinski definition) is 4. The van der Waals surface area contributed by atoms with E-state index in [-0.39, 0.29) is 0 Å². The van der Waals surface area contributed by atoms with Crippen molar-refractivity contribution in [1.82, 2.24) is 25.3 Å². The van der Waals surface area contributed by atoms with Gasteiger partial charge in [-0.25, -0.2) is 4.68 Å². The van der Waals surface area contributed by atoms with Gasteiger partial charge in [-0.1, -0.05) is 20.8 Å². The van der Waals surface area contributed by atoms with Gasteiger partial charge in [0.15, 0.2) is 5.82 Å². The van der Waals surface area contributed by atoms with Crippen LogP contribution in [0.4, 0.5) is 0 Å². The molecule has 0 aliphatic heterocycles. The van der Waals surface area contributed by atoms with Gasteiger partial charge in [0.2, 0.25) is 0 Å². The van der Waals surface area contributed by atoms with Gasteiger partial charge in [-0.3, -0.25) is 0 Å². The number of hydrogen-bond donors (Lipinski definition) is 1. The maximum absolute atomic E-state index is 4.41. The third-order valence-electron chi connectivity index (χ3n) is 2.77. The van der Waals surface area contributed by atoms with Gasteiger partial charge in [-0.05, 0) is 18.6 Å². The second kappa shape index (κ2) is 5.73. The molecule has 0 aromatic carbocycles. The number of nitrogens with one attached hydrogen (secondary N) is 1. The van der Waals surface area contributed by atoms with Crippen molar-refractivity contribution in [1.29, 1.82) is 0 Å². The van der Waals surface area contributed by atoms with Gasteiger partial charge in [0.05, 0.1) is 11.9 Å². The normalized spacial score (nSPS) is 11.1. The lowest BCUT2D eigenvalue weighted by Crippen LogP contribution is -2.22. The van der Waals surface area contributed by atoms with Crippen LogP contribution in [0.25, 0.3) is 5.82 Å². The summed E-state index contributed by atoms with van der Waals surface area (Å²) in [6, 6.07) is 4.25. The van der Waals surface area contributed by atoms with Crippen molar-refractivity contribution in [3.8, 4) is 5.82 Å². The Hall–Kier alpha value is -1.75. The molecule has 96 valence electrons. The van der Waals surface area contributed by atoms with Crippen molar-refractivity contribution in [2.75, 3.05) is 0 Å². The van der Waals surface area contributed by atoms with Crippen LogP contribution in [0.5, 0.6) is 0 Å². The maximum Gasteiger partial charge on any atom is 0.175 e. The number of rotatable bonds is 5. The van der Waals surface area contributed by atoms with E-state index >= 15 is 0 Å². The Bertz CT molecular complexity index is 489. The van der Waals surface area contributed by atoms with Crippen molar-refractivity contribution in [3.63, 3.8) is 0 Å². The molecule has 0 amide bonds. The molecular weight excluding hydrogens is 226 g/mol. The third-order valence-corrected chi connectivity index (χ3v) is 2.77. The minimum atomic E-state index is 0.467. The van der Waals surface area contributed by atoms with Gasteiger partial charge >= 0.3 is 0 Å². The molecule has 0 spiro atoms. The minimum Gasteiger partial charge on any atom is -0.310 e. The summed E-state index contributed by atoms with van der Waals surface area (Å²) in [5.41, 5.74) is 2.40. The predicted octanol–water partition coefficient (Wildman–Crippen LogP) is 1.72. The van der Waals surface area contributed by atoms with E-state index < -0.39 is 0 Å². The lowest BCUT2D eigenvalue weighted by atomic mass is 10.2. The summed E-state index contributed by atoms with van der Waals surface area (Å²) in [6.07, 6.45) is 4.49. The second-order valence-electron chi connectivity index (χ2n) is 4.50. The third kappa shape index (κ3) is 2.73. The number of nitrogens with zero attached hydrogens (tertiary/aromatic N) is 4. The summed E-state index contributed by atoms with van der Waals surface area (Å²) in [5, 5.41) is 15.8. The Morgan fingerprint density at radius 2 is 2.22 bits per heavy atom. The van der Waals surface area contributed by atoms with E-state index in [0.717, 1.165) is 18.8 Å². The SMILES string of the molecule is CCc1c(CNC(C)C)cnn1-c1cccnn1. The Morgan fingerprint density at radius 1 is 1.39 bits per heavy atom. The minimum absolute atomic E-state index is 0.467. The summed E-state index contributed by atoms with van der Waals surface area (Å²) in [6.45, 7) is 7.24. The van der Waals surface area contributed by atoms with E-state index in [2.05, 4.69) is 41.4 Å². The molecule has 0 bridgehead atoms. The van der Waals surface area contributed by atoms with Crippen LogP contribution in [-0.2, 0) is 13.0 Å². The first kappa shape index (κ1) is 12.7. The Morgan fingerprint density at radius 3 is 2.83 bits per heavy atom. The van der Waals surface area contributed by atoms with Gasteiger partial charge in [0, 0.05) is 24.3 Å².